The van der Waals surface area contributed by atoms with Gasteiger partial charge in [0, 0.05) is 18.5 Å². The first-order chi connectivity index (χ1) is 9.70. The van der Waals surface area contributed by atoms with E-state index in [9.17, 15) is 0 Å². The second-order valence-electron chi connectivity index (χ2n) is 8.17. The fourth-order valence-electron chi connectivity index (χ4n) is 2.87. The fraction of sp³-hybridized carbons (Fsp3) is 0.684. The quantitative estimate of drug-likeness (QED) is 0.865. The summed E-state index contributed by atoms with van der Waals surface area (Å²) in [7, 11) is 0. The molecule has 0 aliphatic carbocycles. The van der Waals surface area contributed by atoms with Gasteiger partial charge in [-0.25, -0.2) is 0 Å². The molecule has 21 heavy (non-hydrogen) atoms. The molecule has 1 heterocycles. The van der Waals surface area contributed by atoms with E-state index in [4.69, 9.17) is 4.74 Å². The molecular formula is C19H31NO. The Morgan fingerprint density at radius 2 is 1.86 bits per heavy atom. The maximum atomic E-state index is 6.16. The van der Waals surface area contributed by atoms with E-state index in [-0.39, 0.29) is 11.0 Å². The smallest absolute Gasteiger partial charge is 0.123 e. The first-order valence-electron chi connectivity index (χ1n) is 8.19. The molecule has 0 aromatic heterocycles. The van der Waals surface area contributed by atoms with Gasteiger partial charge in [0.05, 0.1) is 0 Å². The SMILES string of the molecule is CC(C)C(C)(CNC(C)(C)C)CC1Cc2ccccc2O1. The minimum Gasteiger partial charge on any atom is -0.490 e. The zero-order valence-corrected chi connectivity index (χ0v) is 14.5. The lowest BCUT2D eigenvalue weighted by Gasteiger charge is -2.38. The van der Waals surface area contributed by atoms with Gasteiger partial charge in [0.15, 0.2) is 0 Å². The molecule has 0 fully saturated rings. The predicted octanol–water partition coefficient (Wildman–Crippen LogP) is 4.43. The average molecular weight is 289 g/mol. The third-order valence-electron chi connectivity index (χ3n) is 4.82. The van der Waals surface area contributed by atoms with Gasteiger partial charge in [-0.15, -0.1) is 0 Å². The number of fused-ring (bicyclic) bond motifs is 1. The van der Waals surface area contributed by atoms with Crippen LogP contribution in [0.4, 0.5) is 0 Å². The number of hydrogen-bond acceptors (Lipinski definition) is 2. The molecule has 1 aromatic rings. The van der Waals surface area contributed by atoms with Crippen molar-refractivity contribution in [2.24, 2.45) is 11.3 Å². The van der Waals surface area contributed by atoms with Crippen LogP contribution in [0.5, 0.6) is 5.75 Å². The summed E-state index contributed by atoms with van der Waals surface area (Å²) in [5, 5.41) is 3.68. The summed E-state index contributed by atoms with van der Waals surface area (Å²) >= 11 is 0. The topological polar surface area (TPSA) is 21.3 Å². The van der Waals surface area contributed by atoms with Crippen LogP contribution in [0.25, 0.3) is 0 Å². The largest absolute Gasteiger partial charge is 0.490 e. The molecule has 2 atom stereocenters. The lowest BCUT2D eigenvalue weighted by Crippen LogP contribution is -2.46. The van der Waals surface area contributed by atoms with Gasteiger partial charge in [-0.2, -0.15) is 0 Å². The van der Waals surface area contributed by atoms with Gasteiger partial charge in [0.25, 0.3) is 0 Å². The van der Waals surface area contributed by atoms with Crippen molar-refractivity contribution < 1.29 is 4.74 Å². The molecule has 1 aliphatic rings. The first-order valence-corrected chi connectivity index (χ1v) is 8.19. The minimum atomic E-state index is 0.162. The number of rotatable bonds is 5. The van der Waals surface area contributed by atoms with Gasteiger partial charge in [-0.3, -0.25) is 0 Å². The van der Waals surface area contributed by atoms with Crippen molar-refractivity contribution in [3.8, 4) is 5.75 Å². The highest BCUT2D eigenvalue weighted by molar-refractivity contribution is 5.37. The van der Waals surface area contributed by atoms with Crippen LogP contribution in [0.2, 0.25) is 0 Å². The van der Waals surface area contributed by atoms with Gasteiger partial charge in [0.2, 0.25) is 0 Å². The van der Waals surface area contributed by atoms with Crippen LogP contribution >= 0.6 is 0 Å². The Hall–Kier alpha value is -1.02. The van der Waals surface area contributed by atoms with Crippen LogP contribution in [0.3, 0.4) is 0 Å². The van der Waals surface area contributed by atoms with E-state index in [1.807, 2.05) is 0 Å². The molecule has 0 spiro atoms. The van der Waals surface area contributed by atoms with Gasteiger partial charge in [0.1, 0.15) is 11.9 Å². The monoisotopic (exact) mass is 289 g/mol. The molecule has 1 aliphatic heterocycles. The molecule has 0 saturated heterocycles. The molecule has 0 amide bonds. The summed E-state index contributed by atoms with van der Waals surface area (Å²) in [5.74, 6) is 1.71. The molecule has 0 saturated carbocycles. The second-order valence-corrected chi connectivity index (χ2v) is 8.17. The van der Waals surface area contributed by atoms with Gasteiger partial charge >= 0.3 is 0 Å². The molecule has 0 bridgehead atoms. The summed E-state index contributed by atoms with van der Waals surface area (Å²) in [5.41, 5.74) is 1.77. The fourth-order valence-corrected chi connectivity index (χ4v) is 2.87. The van der Waals surface area contributed by atoms with Crippen molar-refractivity contribution in [3.05, 3.63) is 29.8 Å². The number of benzene rings is 1. The normalized spacial score (nSPS) is 21.0. The molecule has 1 N–H and O–H groups in total. The van der Waals surface area contributed by atoms with E-state index in [0.29, 0.717) is 12.0 Å². The Labute approximate surface area is 130 Å². The molecule has 1 aromatic carbocycles. The molecule has 118 valence electrons. The molecule has 2 rings (SSSR count). The molecule has 2 unspecified atom stereocenters. The van der Waals surface area contributed by atoms with Crippen molar-refractivity contribution in [2.45, 2.75) is 66.0 Å². The zero-order valence-electron chi connectivity index (χ0n) is 14.5. The van der Waals surface area contributed by atoms with E-state index < -0.39 is 0 Å². The number of nitrogens with one attached hydrogen (secondary N) is 1. The number of hydrogen-bond donors (Lipinski definition) is 1. The summed E-state index contributed by atoms with van der Waals surface area (Å²) in [6.07, 6.45) is 2.47. The molecular weight excluding hydrogens is 258 g/mol. The van der Waals surface area contributed by atoms with E-state index in [1.165, 1.54) is 5.56 Å². The Bertz CT molecular complexity index is 450. The van der Waals surface area contributed by atoms with Crippen molar-refractivity contribution >= 4 is 0 Å². The van der Waals surface area contributed by atoms with Crippen molar-refractivity contribution in [1.29, 1.82) is 0 Å². The van der Waals surface area contributed by atoms with Crippen molar-refractivity contribution in [1.82, 2.24) is 5.32 Å². The van der Waals surface area contributed by atoms with Crippen LogP contribution in [0.15, 0.2) is 24.3 Å². The number of para-hydroxylation sites is 1. The van der Waals surface area contributed by atoms with Gasteiger partial charge in [-0.1, -0.05) is 39.0 Å². The predicted molar refractivity (Wildman–Crippen MR) is 89.9 cm³/mol. The van der Waals surface area contributed by atoms with Crippen molar-refractivity contribution in [3.63, 3.8) is 0 Å². The van der Waals surface area contributed by atoms with E-state index in [1.54, 1.807) is 0 Å². The Balaban J connectivity index is 2.01. The number of ether oxygens (including phenoxy) is 1. The average Bonchev–Trinajstić information content (AvgIpc) is 2.77. The van der Waals surface area contributed by atoms with E-state index >= 15 is 0 Å². The van der Waals surface area contributed by atoms with E-state index in [0.717, 1.165) is 25.1 Å². The minimum absolute atomic E-state index is 0.162. The summed E-state index contributed by atoms with van der Waals surface area (Å²) < 4.78 is 6.16. The Kier molecular flexibility index (Phi) is 4.67. The van der Waals surface area contributed by atoms with Crippen LogP contribution in [-0.2, 0) is 6.42 Å². The standard InChI is InChI=1S/C19H31NO/c1-14(2)19(6,13-20-18(3,4)5)12-16-11-15-9-7-8-10-17(15)21-16/h7-10,14,16,20H,11-13H2,1-6H3. The highest BCUT2D eigenvalue weighted by Crippen LogP contribution is 2.38. The Morgan fingerprint density at radius 3 is 2.43 bits per heavy atom. The maximum absolute atomic E-state index is 6.16. The molecule has 2 nitrogen and oxygen atoms in total. The summed E-state index contributed by atoms with van der Waals surface area (Å²) in [6.45, 7) is 14.8. The summed E-state index contributed by atoms with van der Waals surface area (Å²) in [4.78, 5) is 0. The summed E-state index contributed by atoms with van der Waals surface area (Å²) in [6, 6.07) is 8.45. The van der Waals surface area contributed by atoms with E-state index in [2.05, 4.69) is 71.1 Å². The van der Waals surface area contributed by atoms with Crippen LogP contribution in [-0.4, -0.2) is 18.2 Å². The van der Waals surface area contributed by atoms with Crippen LogP contribution in [0, 0.1) is 11.3 Å². The molecule has 2 heteroatoms. The third kappa shape index (κ3) is 4.23. The van der Waals surface area contributed by atoms with Crippen LogP contribution in [0.1, 0.15) is 53.5 Å². The molecule has 0 radical (unpaired) electrons. The first kappa shape index (κ1) is 16.4. The van der Waals surface area contributed by atoms with Crippen LogP contribution < -0.4 is 10.1 Å². The highest BCUT2D eigenvalue weighted by atomic mass is 16.5. The zero-order chi connectivity index (χ0) is 15.7. The highest BCUT2D eigenvalue weighted by Gasteiger charge is 2.35. The Morgan fingerprint density at radius 1 is 1.19 bits per heavy atom. The van der Waals surface area contributed by atoms with Crippen molar-refractivity contribution in [2.75, 3.05) is 6.54 Å². The second kappa shape index (κ2) is 6.00. The maximum Gasteiger partial charge on any atom is 0.123 e. The lowest BCUT2D eigenvalue weighted by molar-refractivity contribution is 0.0989. The lowest BCUT2D eigenvalue weighted by atomic mass is 9.74. The van der Waals surface area contributed by atoms with Gasteiger partial charge in [-0.05, 0) is 50.2 Å². The van der Waals surface area contributed by atoms with Gasteiger partial charge < -0.3 is 10.1 Å². The third-order valence-corrected chi connectivity index (χ3v) is 4.82.